The van der Waals surface area contributed by atoms with Gasteiger partial charge in [-0.1, -0.05) is 11.6 Å². The highest BCUT2D eigenvalue weighted by Crippen LogP contribution is 2.16. The maximum atomic E-state index is 11.8. The van der Waals surface area contributed by atoms with Gasteiger partial charge in [-0.3, -0.25) is 4.79 Å². The Hall–Kier alpha value is -1.85. The number of hydrazone groups is 1. The molecule has 0 aliphatic heterocycles. The quantitative estimate of drug-likeness (QED) is 0.680. The van der Waals surface area contributed by atoms with Gasteiger partial charge in [0.25, 0.3) is 5.91 Å². The molecule has 0 aliphatic rings. The zero-order chi connectivity index (χ0) is 14.4. The van der Waals surface area contributed by atoms with Crippen molar-refractivity contribution in [2.75, 3.05) is 0 Å². The second kappa shape index (κ2) is 7.07. The van der Waals surface area contributed by atoms with Crippen LogP contribution in [-0.2, 0) is 4.79 Å². The van der Waals surface area contributed by atoms with Gasteiger partial charge in [-0.15, -0.1) is 0 Å². The summed E-state index contributed by atoms with van der Waals surface area (Å²) >= 11 is 7.34. The zero-order valence-corrected chi connectivity index (χ0v) is 12.3. The van der Waals surface area contributed by atoms with Crippen molar-refractivity contribution in [1.82, 2.24) is 5.43 Å². The molecule has 0 saturated heterocycles. The summed E-state index contributed by atoms with van der Waals surface area (Å²) in [7, 11) is 0. The van der Waals surface area contributed by atoms with Gasteiger partial charge >= 0.3 is 0 Å². The van der Waals surface area contributed by atoms with Crippen LogP contribution < -0.4 is 10.2 Å². The van der Waals surface area contributed by atoms with Crippen molar-refractivity contribution in [2.24, 2.45) is 5.10 Å². The van der Waals surface area contributed by atoms with Crippen LogP contribution in [0.2, 0.25) is 5.02 Å². The monoisotopic (exact) mass is 308 g/mol. The van der Waals surface area contributed by atoms with Crippen molar-refractivity contribution < 1.29 is 9.53 Å². The maximum Gasteiger partial charge on any atom is 0.280 e. The first-order valence-electron chi connectivity index (χ1n) is 5.92. The van der Waals surface area contributed by atoms with Gasteiger partial charge in [0.1, 0.15) is 5.75 Å². The zero-order valence-electron chi connectivity index (χ0n) is 10.7. The number of rotatable bonds is 5. The van der Waals surface area contributed by atoms with Crippen LogP contribution in [-0.4, -0.2) is 18.2 Å². The minimum Gasteiger partial charge on any atom is -0.481 e. The predicted molar refractivity (Wildman–Crippen MR) is 81.6 cm³/mol. The molecule has 1 aromatic heterocycles. The Morgan fingerprint density at radius 1 is 1.40 bits per heavy atom. The van der Waals surface area contributed by atoms with Gasteiger partial charge in [0.2, 0.25) is 0 Å². The first-order valence-corrected chi connectivity index (χ1v) is 7.24. The van der Waals surface area contributed by atoms with Crippen LogP contribution in [0.1, 0.15) is 12.5 Å². The average molecular weight is 309 g/mol. The number of carbonyl (C=O) groups excluding carboxylic acids is 1. The Morgan fingerprint density at radius 2 is 2.15 bits per heavy atom. The molecule has 1 N–H and O–H groups in total. The van der Waals surface area contributed by atoms with Crippen molar-refractivity contribution in [3.8, 4) is 5.75 Å². The molecule has 20 heavy (non-hydrogen) atoms. The molecule has 0 fully saturated rings. The number of amides is 1. The fourth-order valence-electron chi connectivity index (χ4n) is 1.38. The van der Waals surface area contributed by atoms with Crippen molar-refractivity contribution in [1.29, 1.82) is 0 Å². The first kappa shape index (κ1) is 14.6. The lowest BCUT2D eigenvalue weighted by molar-refractivity contribution is -0.127. The normalized spacial score (nSPS) is 12.3. The lowest BCUT2D eigenvalue weighted by Gasteiger charge is -2.12. The third kappa shape index (κ3) is 4.36. The van der Waals surface area contributed by atoms with E-state index < -0.39 is 6.10 Å². The molecule has 104 valence electrons. The van der Waals surface area contributed by atoms with E-state index in [1.54, 1.807) is 48.7 Å². The maximum absolute atomic E-state index is 11.8. The molecule has 0 saturated carbocycles. The minimum atomic E-state index is -0.643. The van der Waals surface area contributed by atoms with Gasteiger partial charge in [0.05, 0.1) is 6.21 Å². The van der Waals surface area contributed by atoms with Gasteiger partial charge in [0.15, 0.2) is 6.10 Å². The number of hydrogen-bond donors (Lipinski definition) is 1. The Balaban J connectivity index is 1.84. The van der Waals surface area contributed by atoms with Crippen LogP contribution in [0.3, 0.4) is 0 Å². The van der Waals surface area contributed by atoms with Crippen LogP contribution in [0, 0.1) is 0 Å². The number of carbonyl (C=O) groups is 1. The van der Waals surface area contributed by atoms with E-state index in [1.165, 1.54) is 0 Å². The van der Waals surface area contributed by atoms with E-state index in [0.717, 1.165) is 5.56 Å². The van der Waals surface area contributed by atoms with E-state index in [-0.39, 0.29) is 5.91 Å². The Labute approximate surface area is 126 Å². The number of benzene rings is 1. The molecular weight excluding hydrogens is 296 g/mol. The summed E-state index contributed by atoms with van der Waals surface area (Å²) in [4.78, 5) is 11.8. The van der Waals surface area contributed by atoms with Gasteiger partial charge < -0.3 is 4.74 Å². The molecule has 0 radical (unpaired) electrons. The van der Waals surface area contributed by atoms with Gasteiger partial charge in [-0.05, 0) is 48.0 Å². The summed E-state index contributed by atoms with van der Waals surface area (Å²) < 4.78 is 5.48. The van der Waals surface area contributed by atoms with Gasteiger partial charge in [0, 0.05) is 10.6 Å². The Bertz CT molecular complexity index is 582. The lowest BCUT2D eigenvalue weighted by Crippen LogP contribution is -2.33. The van der Waals surface area contributed by atoms with E-state index in [0.29, 0.717) is 10.8 Å². The molecule has 4 nitrogen and oxygen atoms in total. The highest BCUT2D eigenvalue weighted by Gasteiger charge is 2.13. The predicted octanol–water partition coefficient (Wildman–Crippen LogP) is 3.32. The summed E-state index contributed by atoms with van der Waals surface area (Å²) in [6, 6.07) is 8.74. The summed E-state index contributed by atoms with van der Waals surface area (Å²) in [6.07, 6.45) is 0.944. The largest absolute Gasteiger partial charge is 0.481 e. The average Bonchev–Trinajstić information content (AvgIpc) is 2.94. The molecule has 0 unspecified atom stereocenters. The number of thiophene rings is 1. The molecule has 0 spiro atoms. The SMILES string of the molecule is C[C@@H](Oc1ccc(Cl)cc1)C(=O)NN=Cc1ccsc1. The summed E-state index contributed by atoms with van der Waals surface area (Å²) in [6.45, 7) is 1.66. The summed E-state index contributed by atoms with van der Waals surface area (Å²) in [5, 5.41) is 8.37. The highest BCUT2D eigenvalue weighted by molar-refractivity contribution is 7.08. The van der Waals surface area contributed by atoms with Crippen molar-refractivity contribution >= 4 is 35.1 Å². The van der Waals surface area contributed by atoms with Crippen LogP contribution in [0.15, 0.2) is 46.2 Å². The molecule has 2 rings (SSSR count). The molecule has 2 aromatic rings. The minimum absolute atomic E-state index is 0.313. The molecule has 1 heterocycles. The van der Waals surface area contributed by atoms with Crippen molar-refractivity contribution in [3.05, 3.63) is 51.7 Å². The van der Waals surface area contributed by atoms with E-state index in [1.807, 2.05) is 16.8 Å². The van der Waals surface area contributed by atoms with E-state index in [9.17, 15) is 4.79 Å². The van der Waals surface area contributed by atoms with Crippen molar-refractivity contribution in [2.45, 2.75) is 13.0 Å². The van der Waals surface area contributed by atoms with Gasteiger partial charge in [-0.2, -0.15) is 16.4 Å². The van der Waals surface area contributed by atoms with Crippen molar-refractivity contribution in [3.63, 3.8) is 0 Å². The standard InChI is InChI=1S/C14H13ClN2O2S/c1-10(19-13-4-2-12(15)3-5-13)14(18)17-16-8-11-6-7-20-9-11/h2-10H,1H3,(H,17,18)/t10-/m1/s1. The Morgan fingerprint density at radius 3 is 2.80 bits per heavy atom. The molecule has 1 amide bonds. The number of nitrogens with one attached hydrogen (secondary N) is 1. The van der Waals surface area contributed by atoms with Gasteiger partial charge in [-0.25, -0.2) is 5.43 Å². The smallest absolute Gasteiger partial charge is 0.280 e. The number of nitrogens with zero attached hydrogens (tertiary/aromatic N) is 1. The van der Waals surface area contributed by atoms with Crippen LogP contribution in [0.25, 0.3) is 0 Å². The second-order valence-electron chi connectivity index (χ2n) is 4.00. The molecule has 0 aliphatic carbocycles. The second-order valence-corrected chi connectivity index (χ2v) is 5.22. The third-order valence-electron chi connectivity index (χ3n) is 2.43. The summed E-state index contributed by atoms with van der Waals surface area (Å²) in [5.41, 5.74) is 3.38. The van der Waals surface area contributed by atoms with Crippen LogP contribution in [0.5, 0.6) is 5.75 Å². The van der Waals surface area contributed by atoms with E-state index >= 15 is 0 Å². The fraction of sp³-hybridized carbons (Fsp3) is 0.143. The van der Waals surface area contributed by atoms with E-state index in [4.69, 9.17) is 16.3 Å². The molecule has 1 atom stereocenters. The first-order chi connectivity index (χ1) is 9.65. The molecule has 0 bridgehead atoms. The molecular formula is C14H13ClN2O2S. The lowest BCUT2D eigenvalue weighted by atomic mass is 10.3. The highest BCUT2D eigenvalue weighted by atomic mass is 35.5. The number of hydrogen-bond acceptors (Lipinski definition) is 4. The molecule has 1 aromatic carbocycles. The third-order valence-corrected chi connectivity index (χ3v) is 3.38. The Kier molecular flexibility index (Phi) is 5.15. The van der Waals surface area contributed by atoms with E-state index in [2.05, 4.69) is 10.5 Å². The summed E-state index contributed by atoms with van der Waals surface area (Å²) in [5.74, 6) is 0.269. The topological polar surface area (TPSA) is 50.7 Å². The molecule has 6 heteroatoms. The van der Waals surface area contributed by atoms with Crippen LogP contribution in [0.4, 0.5) is 0 Å². The number of ether oxygens (including phenoxy) is 1. The number of halogens is 1. The fourth-order valence-corrected chi connectivity index (χ4v) is 2.12. The van der Waals surface area contributed by atoms with Crippen LogP contribution >= 0.6 is 22.9 Å².